The summed E-state index contributed by atoms with van der Waals surface area (Å²) in [6.07, 6.45) is 3.91. The Labute approximate surface area is 99.0 Å². The molecule has 0 radical (unpaired) electrons. The van der Waals surface area contributed by atoms with Gasteiger partial charge in [-0.3, -0.25) is 0 Å². The molecule has 1 aliphatic rings. The predicted molar refractivity (Wildman–Crippen MR) is 66.1 cm³/mol. The van der Waals surface area contributed by atoms with E-state index in [1.54, 1.807) is 0 Å². The molecule has 0 aromatic heterocycles. The monoisotopic (exact) mass is 269 g/mol. The van der Waals surface area contributed by atoms with Gasteiger partial charge in [0.05, 0.1) is 6.61 Å². The molecule has 0 unspecified atom stereocenters. The molecular weight excluding hydrogens is 254 g/mol. The summed E-state index contributed by atoms with van der Waals surface area (Å²) >= 11 is 3.44. The summed E-state index contributed by atoms with van der Waals surface area (Å²) in [6.45, 7) is 2.39. The Balaban J connectivity index is 2.20. The highest BCUT2D eigenvalue weighted by molar-refractivity contribution is 9.10. The second kappa shape index (κ2) is 4.99. The van der Waals surface area contributed by atoms with Gasteiger partial charge in [0.1, 0.15) is 0 Å². The highest BCUT2D eigenvalue weighted by Gasteiger charge is 2.11. The van der Waals surface area contributed by atoms with Crippen LogP contribution in [-0.2, 0) is 6.61 Å². The zero-order valence-electron chi connectivity index (χ0n) is 8.75. The van der Waals surface area contributed by atoms with Gasteiger partial charge in [-0.1, -0.05) is 15.9 Å². The molecule has 1 N–H and O–H groups in total. The van der Waals surface area contributed by atoms with Crippen molar-refractivity contribution in [3.63, 3.8) is 0 Å². The van der Waals surface area contributed by atoms with Gasteiger partial charge in [-0.15, -0.1) is 0 Å². The summed E-state index contributed by atoms with van der Waals surface area (Å²) in [5, 5.41) is 9.19. The van der Waals surface area contributed by atoms with Crippen LogP contribution in [0.3, 0.4) is 0 Å². The van der Waals surface area contributed by atoms with Crippen LogP contribution in [0.25, 0.3) is 0 Å². The van der Waals surface area contributed by atoms with Gasteiger partial charge >= 0.3 is 0 Å². The first-order valence-electron chi connectivity index (χ1n) is 5.45. The maximum Gasteiger partial charge on any atom is 0.0693 e. The lowest BCUT2D eigenvalue weighted by atomic mass is 10.1. The lowest BCUT2D eigenvalue weighted by Gasteiger charge is -2.29. The Kier molecular flexibility index (Phi) is 3.65. The van der Waals surface area contributed by atoms with Crippen molar-refractivity contribution < 1.29 is 5.11 Å². The summed E-state index contributed by atoms with van der Waals surface area (Å²) < 4.78 is 0.991. The third kappa shape index (κ3) is 2.52. The lowest BCUT2D eigenvalue weighted by Crippen LogP contribution is -2.29. The molecule has 0 aliphatic carbocycles. The third-order valence-electron chi connectivity index (χ3n) is 2.92. The summed E-state index contributed by atoms with van der Waals surface area (Å²) in [6, 6.07) is 6.22. The average molecular weight is 270 g/mol. The SMILES string of the molecule is OCc1cc(N2CCCCC2)ccc1Br. The maximum atomic E-state index is 9.19. The summed E-state index contributed by atoms with van der Waals surface area (Å²) in [7, 11) is 0. The largest absolute Gasteiger partial charge is 0.392 e. The fraction of sp³-hybridized carbons (Fsp3) is 0.500. The van der Waals surface area contributed by atoms with E-state index in [0.29, 0.717) is 0 Å². The fourth-order valence-electron chi connectivity index (χ4n) is 2.03. The van der Waals surface area contributed by atoms with Crippen molar-refractivity contribution in [1.29, 1.82) is 0 Å². The first-order valence-corrected chi connectivity index (χ1v) is 6.25. The van der Waals surface area contributed by atoms with Crippen LogP contribution in [0.15, 0.2) is 22.7 Å². The first kappa shape index (κ1) is 11.0. The highest BCUT2D eigenvalue weighted by Crippen LogP contribution is 2.25. The zero-order chi connectivity index (χ0) is 10.7. The number of nitrogens with zero attached hydrogens (tertiary/aromatic N) is 1. The molecule has 2 nitrogen and oxygen atoms in total. The van der Waals surface area contributed by atoms with E-state index in [1.807, 2.05) is 6.07 Å². The van der Waals surface area contributed by atoms with E-state index in [2.05, 4.69) is 33.0 Å². The molecular formula is C12H16BrNO. The van der Waals surface area contributed by atoms with Crippen LogP contribution in [0, 0.1) is 0 Å². The van der Waals surface area contributed by atoms with Crippen molar-refractivity contribution in [2.24, 2.45) is 0 Å². The van der Waals surface area contributed by atoms with Crippen LogP contribution < -0.4 is 4.90 Å². The first-order chi connectivity index (χ1) is 7.31. The van der Waals surface area contributed by atoms with Crippen LogP contribution in [-0.4, -0.2) is 18.2 Å². The molecule has 1 aliphatic heterocycles. The van der Waals surface area contributed by atoms with Crippen molar-refractivity contribution in [3.8, 4) is 0 Å². The number of aliphatic hydroxyl groups is 1. The minimum Gasteiger partial charge on any atom is -0.392 e. The van der Waals surface area contributed by atoms with Crippen molar-refractivity contribution in [3.05, 3.63) is 28.2 Å². The van der Waals surface area contributed by atoms with E-state index in [1.165, 1.54) is 24.9 Å². The van der Waals surface area contributed by atoms with Gasteiger partial charge in [0, 0.05) is 23.2 Å². The standard InChI is InChI=1S/C12H16BrNO/c13-12-5-4-11(8-10(12)9-15)14-6-2-1-3-7-14/h4-5,8,15H,1-3,6-7,9H2. The van der Waals surface area contributed by atoms with Crippen LogP contribution in [0.5, 0.6) is 0 Å². The molecule has 1 saturated heterocycles. The minimum atomic E-state index is 0.0995. The van der Waals surface area contributed by atoms with Crippen molar-refractivity contribution >= 4 is 21.6 Å². The number of halogens is 1. The number of rotatable bonds is 2. The van der Waals surface area contributed by atoms with Crippen LogP contribution >= 0.6 is 15.9 Å². The van der Waals surface area contributed by atoms with Gasteiger partial charge in [0.25, 0.3) is 0 Å². The van der Waals surface area contributed by atoms with E-state index in [4.69, 9.17) is 0 Å². The Morgan fingerprint density at radius 3 is 2.60 bits per heavy atom. The van der Waals surface area contributed by atoms with Gasteiger partial charge in [0.2, 0.25) is 0 Å². The van der Waals surface area contributed by atoms with Gasteiger partial charge in [-0.25, -0.2) is 0 Å². The molecule has 1 aromatic carbocycles. The van der Waals surface area contributed by atoms with E-state index in [0.717, 1.165) is 23.1 Å². The Morgan fingerprint density at radius 2 is 1.93 bits per heavy atom. The molecule has 0 saturated carbocycles. The number of hydrogen-bond donors (Lipinski definition) is 1. The number of piperidine rings is 1. The third-order valence-corrected chi connectivity index (χ3v) is 3.69. The van der Waals surface area contributed by atoms with E-state index >= 15 is 0 Å². The minimum absolute atomic E-state index is 0.0995. The summed E-state index contributed by atoms with van der Waals surface area (Å²) in [4.78, 5) is 2.40. The van der Waals surface area contributed by atoms with E-state index < -0.39 is 0 Å². The van der Waals surface area contributed by atoms with Crippen molar-refractivity contribution in [2.75, 3.05) is 18.0 Å². The fourth-order valence-corrected chi connectivity index (χ4v) is 2.40. The normalized spacial score (nSPS) is 16.8. The molecule has 1 fully saturated rings. The van der Waals surface area contributed by atoms with Crippen LogP contribution in [0.4, 0.5) is 5.69 Å². The Morgan fingerprint density at radius 1 is 1.20 bits per heavy atom. The topological polar surface area (TPSA) is 23.5 Å². The maximum absolute atomic E-state index is 9.19. The Bertz CT molecular complexity index is 334. The molecule has 0 bridgehead atoms. The number of benzene rings is 1. The van der Waals surface area contributed by atoms with Gasteiger partial charge < -0.3 is 10.0 Å². The second-order valence-corrected chi connectivity index (χ2v) is 4.84. The average Bonchev–Trinajstić information content (AvgIpc) is 2.31. The van der Waals surface area contributed by atoms with Crippen molar-refractivity contribution in [1.82, 2.24) is 0 Å². The zero-order valence-corrected chi connectivity index (χ0v) is 10.3. The quantitative estimate of drug-likeness (QED) is 0.893. The predicted octanol–water partition coefficient (Wildman–Crippen LogP) is 2.93. The molecule has 2 rings (SSSR count). The molecule has 0 amide bonds. The van der Waals surface area contributed by atoms with E-state index in [9.17, 15) is 5.11 Å². The molecule has 0 atom stereocenters. The highest BCUT2D eigenvalue weighted by atomic mass is 79.9. The number of anilines is 1. The number of hydrogen-bond acceptors (Lipinski definition) is 2. The molecule has 15 heavy (non-hydrogen) atoms. The lowest BCUT2D eigenvalue weighted by molar-refractivity contribution is 0.281. The van der Waals surface area contributed by atoms with Crippen molar-refractivity contribution in [2.45, 2.75) is 25.9 Å². The van der Waals surface area contributed by atoms with E-state index in [-0.39, 0.29) is 6.61 Å². The molecule has 0 spiro atoms. The van der Waals surface area contributed by atoms with Gasteiger partial charge in [0.15, 0.2) is 0 Å². The smallest absolute Gasteiger partial charge is 0.0693 e. The summed E-state index contributed by atoms with van der Waals surface area (Å²) in [5.74, 6) is 0. The Hall–Kier alpha value is -0.540. The van der Waals surface area contributed by atoms with Crippen LogP contribution in [0.1, 0.15) is 24.8 Å². The molecule has 82 valence electrons. The van der Waals surface area contributed by atoms with Crippen LogP contribution in [0.2, 0.25) is 0 Å². The second-order valence-electron chi connectivity index (χ2n) is 3.98. The summed E-state index contributed by atoms with van der Waals surface area (Å²) in [5.41, 5.74) is 2.21. The van der Waals surface area contributed by atoms with Gasteiger partial charge in [-0.05, 0) is 43.0 Å². The molecule has 1 heterocycles. The van der Waals surface area contributed by atoms with Gasteiger partial charge in [-0.2, -0.15) is 0 Å². The number of aliphatic hydroxyl groups excluding tert-OH is 1. The molecule has 1 aromatic rings. The molecule has 3 heteroatoms.